The molecule has 0 spiro atoms. The normalized spacial score (nSPS) is 28.6. The SMILES string of the molecule is Cc1nc(CC(C)(C)C2CCC(C)CC2Cl)sc1C. The molecule has 1 aliphatic rings. The average molecular weight is 300 g/mol. The lowest BCUT2D eigenvalue weighted by atomic mass is 9.67. The van der Waals surface area contributed by atoms with E-state index in [1.54, 1.807) is 0 Å². The van der Waals surface area contributed by atoms with Crippen LogP contribution in [0.2, 0.25) is 0 Å². The molecule has 0 amide bonds. The Morgan fingerprint density at radius 2 is 2.00 bits per heavy atom. The predicted molar refractivity (Wildman–Crippen MR) is 85.2 cm³/mol. The van der Waals surface area contributed by atoms with Crippen molar-refractivity contribution in [1.82, 2.24) is 4.98 Å². The predicted octanol–water partition coefficient (Wildman–Crippen LogP) is 5.37. The number of alkyl halides is 1. The van der Waals surface area contributed by atoms with Gasteiger partial charge in [-0.1, -0.05) is 27.2 Å². The van der Waals surface area contributed by atoms with E-state index in [9.17, 15) is 0 Å². The summed E-state index contributed by atoms with van der Waals surface area (Å²) in [4.78, 5) is 6.06. The molecule has 3 atom stereocenters. The molecule has 3 unspecified atom stereocenters. The van der Waals surface area contributed by atoms with Crippen LogP contribution in [0, 0.1) is 31.1 Å². The molecule has 2 rings (SSSR count). The van der Waals surface area contributed by atoms with Gasteiger partial charge in [0.25, 0.3) is 0 Å². The highest BCUT2D eigenvalue weighted by Gasteiger charge is 2.38. The van der Waals surface area contributed by atoms with Crippen molar-refractivity contribution < 1.29 is 0 Å². The Morgan fingerprint density at radius 3 is 2.53 bits per heavy atom. The Bertz CT molecular complexity index is 418. The van der Waals surface area contributed by atoms with Crippen LogP contribution in [0.3, 0.4) is 0 Å². The van der Waals surface area contributed by atoms with Crippen LogP contribution in [0.5, 0.6) is 0 Å². The van der Waals surface area contributed by atoms with Gasteiger partial charge in [0, 0.05) is 16.7 Å². The Balaban J connectivity index is 2.09. The third kappa shape index (κ3) is 3.52. The maximum Gasteiger partial charge on any atom is 0.0936 e. The van der Waals surface area contributed by atoms with Crippen LogP contribution in [-0.2, 0) is 6.42 Å². The molecule has 0 saturated heterocycles. The summed E-state index contributed by atoms with van der Waals surface area (Å²) in [5.74, 6) is 1.41. The smallest absolute Gasteiger partial charge is 0.0936 e. The van der Waals surface area contributed by atoms with Gasteiger partial charge in [-0.25, -0.2) is 4.98 Å². The minimum atomic E-state index is 0.253. The topological polar surface area (TPSA) is 12.9 Å². The van der Waals surface area contributed by atoms with Crippen molar-refractivity contribution in [1.29, 1.82) is 0 Å². The molecule has 19 heavy (non-hydrogen) atoms. The third-order valence-electron chi connectivity index (χ3n) is 4.72. The molecule has 1 heterocycles. The second-order valence-electron chi connectivity index (χ2n) is 6.96. The van der Waals surface area contributed by atoms with Gasteiger partial charge in [-0.15, -0.1) is 22.9 Å². The number of aryl methyl sites for hydroxylation is 2. The maximum absolute atomic E-state index is 6.65. The van der Waals surface area contributed by atoms with Crippen LogP contribution in [0.15, 0.2) is 0 Å². The highest BCUT2D eigenvalue weighted by Crippen LogP contribution is 2.44. The quantitative estimate of drug-likeness (QED) is 0.684. The van der Waals surface area contributed by atoms with Crippen molar-refractivity contribution in [2.24, 2.45) is 17.3 Å². The minimum absolute atomic E-state index is 0.253. The Morgan fingerprint density at radius 1 is 1.32 bits per heavy atom. The zero-order valence-corrected chi connectivity index (χ0v) is 14.4. The van der Waals surface area contributed by atoms with Gasteiger partial charge in [-0.2, -0.15) is 0 Å². The van der Waals surface area contributed by atoms with Crippen LogP contribution in [-0.4, -0.2) is 10.4 Å². The van der Waals surface area contributed by atoms with Crippen molar-refractivity contribution in [2.45, 2.75) is 65.7 Å². The number of nitrogens with zero attached hydrogens (tertiary/aromatic N) is 1. The molecule has 0 bridgehead atoms. The van der Waals surface area contributed by atoms with E-state index in [1.165, 1.54) is 34.8 Å². The highest BCUT2D eigenvalue weighted by atomic mass is 35.5. The molecule has 1 saturated carbocycles. The van der Waals surface area contributed by atoms with Gasteiger partial charge in [0.1, 0.15) is 0 Å². The number of hydrogen-bond acceptors (Lipinski definition) is 2. The summed E-state index contributed by atoms with van der Waals surface area (Å²) in [6, 6.07) is 0. The standard InChI is InChI=1S/C16H26ClNS/c1-10-6-7-13(14(17)8-10)16(4,5)9-15-18-11(2)12(3)19-15/h10,13-14H,6-9H2,1-5H3. The van der Waals surface area contributed by atoms with Gasteiger partial charge in [0.2, 0.25) is 0 Å². The molecule has 0 aromatic carbocycles. The largest absolute Gasteiger partial charge is 0.246 e. The van der Waals surface area contributed by atoms with Crippen LogP contribution in [0.1, 0.15) is 55.6 Å². The van der Waals surface area contributed by atoms with E-state index >= 15 is 0 Å². The first-order valence-electron chi connectivity index (χ1n) is 7.36. The summed E-state index contributed by atoms with van der Waals surface area (Å²) in [6.07, 6.45) is 4.83. The monoisotopic (exact) mass is 299 g/mol. The summed E-state index contributed by atoms with van der Waals surface area (Å²) >= 11 is 8.50. The Kier molecular flexibility index (Phi) is 4.62. The van der Waals surface area contributed by atoms with E-state index in [-0.39, 0.29) is 5.41 Å². The molecule has 1 aromatic rings. The van der Waals surface area contributed by atoms with E-state index in [0.29, 0.717) is 11.3 Å². The second-order valence-corrected chi connectivity index (χ2v) is 8.80. The van der Waals surface area contributed by atoms with E-state index in [1.807, 2.05) is 11.3 Å². The molecule has 1 aliphatic carbocycles. The summed E-state index contributed by atoms with van der Waals surface area (Å²) < 4.78 is 0. The van der Waals surface area contributed by atoms with Crippen LogP contribution < -0.4 is 0 Å². The third-order valence-corrected chi connectivity index (χ3v) is 6.27. The molecule has 0 radical (unpaired) electrons. The Hall–Kier alpha value is -0.0800. The zero-order valence-electron chi connectivity index (χ0n) is 12.8. The van der Waals surface area contributed by atoms with Gasteiger partial charge < -0.3 is 0 Å². The number of thiazole rings is 1. The van der Waals surface area contributed by atoms with Crippen molar-refractivity contribution in [3.8, 4) is 0 Å². The number of hydrogen-bond donors (Lipinski definition) is 0. The molecule has 3 heteroatoms. The van der Waals surface area contributed by atoms with Crippen molar-refractivity contribution in [2.75, 3.05) is 0 Å². The minimum Gasteiger partial charge on any atom is -0.246 e. The van der Waals surface area contributed by atoms with Crippen molar-refractivity contribution in [3.05, 3.63) is 15.6 Å². The van der Waals surface area contributed by atoms with E-state index < -0.39 is 0 Å². The zero-order chi connectivity index (χ0) is 14.2. The molecule has 1 aromatic heterocycles. The second kappa shape index (κ2) is 5.73. The first-order valence-corrected chi connectivity index (χ1v) is 8.62. The lowest BCUT2D eigenvalue weighted by molar-refractivity contribution is 0.141. The van der Waals surface area contributed by atoms with Crippen molar-refractivity contribution >= 4 is 22.9 Å². The highest BCUT2D eigenvalue weighted by molar-refractivity contribution is 7.11. The molecule has 108 valence electrons. The summed E-state index contributed by atoms with van der Waals surface area (Å²) in [5, 5.41) is 1.61. The average Bonchev–Trinajstić information content (AvgIpc) is 2.56. The van der Waals surface area contributed by atoms with E-state index in [0.717, 1.165) is 12.3 Å². The lowest BCUT2D eigenvalue weighted by Crippen LogP contribution is -2.37. The molecule has 0 N–H and O–H groups in total. The van der Waals surface area contributed by atoms with Gasteiger partial charge in [-0.05, 0) is 43.9 Å². The fourth-order valence-electron chi connectivity index (χ4n) is 3.33. The van der Waals surface area contributed by atoms with Gasteiger partial charge in [0.05, 0.1) is 10.7 Å². The fraction of sp³-hybridized carbons (Fsp3) is 0.812. The lowest BCUT2D eigenvalue weighted by Gasteiger charge is -2.41. The van der Waals surface area contributed by atoms with Crippen LogP contribution in [0.25, 0.3) is 0 Å². The number of aromatic nitrogens is 1. The fourth-order valence-corrected chi connectivity index (χ4v) is 5.27. The van der Waals surface area contributed by atoms with Crippen LogP contribution >= 0.6 is 22.9 Å². The van der Waals surface area contributed by atoms with Gasteiger partial charge in [-0.3, -0.25) is 0 Å². The van der Waals surface area contributed by atoms with E-state index in [4.69, 9.17) is 16.6 Å². The van der Waals surface area contributed by atoms with Gasteiger partial charge >= 0.3 is 0 Å². The Labute approximate surface area is 126 Å². The number of rotatable bonds is 3. The maximum atomic E-state index is 6.65. The summed E-state index contributed by atoms with van der Waals surface area (Å²) in [5.41, 5.74) is 1.44. The molecular formula is C16H26ClNS. The van der Waals surface area contributed by atoms with Crippen molar-refractivity contribution in [3.63, 3.8) is 0 Å². The molecule has 0 aliphatic heterocycles. The summed E-state index contributed by atoms with van der Waals surface area (Å²) in [6.45, 7) is 11.3. The first-order chi connectivity index (χ1) is 8.79. The molecular weight excluding hydrogens is 274 g/mol. The number of halogens is 1. The van der Waals surface area contributed by atoms with E-state index in [2.05, 4.69) is 34.6 Å². The van der Waals surface area contributed by atoms with Crippen LogP contribution in [0.4, 0.5) is 0 Å². The van der Waals surface area contributed by atoms with Gasteiger partial charge in [0.15, 0.2) is 0 Å². The summed E-state index contributed by atoms with van der Waals surface area (Å²) in [7, 11) is 0. The molecule has 1 fully saturated rings. The first kappa shape index (κ1) is 15.3. The molecule has 1 nitrogen and oxygen atoms in total.